The third-order valence-electron chi connectivity index (χ3n) is 2.17. The predicted octanol–water partition coefficient (Wildman–Crippen LogP) is -0.102. The maximum atomic E-state index is 13.7. The summed E-state index contributed by atoms with van der Waals surface area (Å²) in [6, 6.07) is -3.01. The Morgan fingerprint density at radius 1 is 0.769 bits per heavy atom. The molecule has 0 saturated carbocycles. The van der Waals surface area contributed by atoms with Gasteiger partial charge in [-0.15, -0.1) is 3.97 Å². The molecule has 0 saturated heterocycles. The molecule has 0 bridgehead atoms. The number of halogens is 3. The lowest BCUT2D eigenvalue weighted by atomic mass is 10.9. The third kappa shape index (κ3) is 6.02. The molecule has 0 spiro atoms. The molecular formula is C7H15F3N2O10S3Si. The molecule has 0 atom stereocenters. The van der Waals surface area contributed by atoms with Crippen LogP contribution in [0, 0.1) is 0 Å². The SMILES string of the molecule is CCO[Si](OCC)(OCC)N(C(=O)N(S(=O)(=O)F)S(=O)(=O)F)S(=O)(=O)F. The van der Waals surface area contributed by atoms with E-state index in [0.29, 0.717) is 0 Å². The Hall–Kier alpha value is -0.993. The van der Waals surface area contributed by atoms with Gasteiger partial charge in [-0.1, -0.05) is 15.4 Å². The molecular weight excluding hydrogens is 453 g/mol. The first-order valence-corrected chi connectivity index (χ1v) is 12.2. The van der Waals surface area contributed by atoms with Gasteiger partial charge in [0.1, 0.15) is 0 Å². The van der Waals surface area contributed by atoms with Gasteiger partial charge in [0.25, 0.3) is 0 Å². The van der Waals surface area contributed by atoms with Crippen molar-refractivity contribution in [2.24, 2.45) is 0 Å². The molecule has 0 aliphatic heterocycles. The molecule has 0 rings (SSSR count). The molecule has 0 radical (unpaired) electrons. The first kappa shape index (κ1) is 25.0. The maximum Gasteiger partial charge on any atom is 0.654 e. The quantitative estimate of drug-likeness (QED) is 0.313. The molecule has 2 amide bonds. The summed E-state index contributed by atoms with van der Waals surface area (Å²) in [4.78, 5) is 12.0. The summed E-state index contributed by atoms with van der Waals surface area (Å²) in [5.74, 6) is 0. The van der Waals surface area contributed by atoms with Gasteiger partial charge in [-0.2, -0.15) is 25.3 Å². The van der Waals surface area contributed by atoms with Crippen LogP contribution in [-0.4, -0.2) is 67.8 Å². The van der Waals surface area contributed by atoms with Crippen LogP contribution in [0.4, 0.5) is 16.5 Å². The zero-order valence-corrected chi connectivity index (χ0v) is 16.9. The van der Waals surface area contributed by atoms with Gasteiger partial charge in [0.2, 0.25) is 0 Å². The zero-order valence-electron chi connectivity index (χ0n) is 13.5. The van der Waals surface area contributed by atoms with Crippen molar-refractivity contribution in [3.8, 4) is 0 Å². The number of hydrogen-bond donors (Lipinski definition) is 0. The average Bonchev–Trinajstić information content (AvgIpc) is 2.33. The van der Waals surface area contributed by atoms with Crippen LogP contribution in [0.15, 0.2) is 0 Å². The van der Waals surface area contributed by atoms with Crippen molar-refractivity contribution in [1.82, 2.24) is 7.68 Å². The number of amides is 2. The summed E-state index contributed by atoms with van der Waals surface area (Å²) in [5.41, 5.74) is 0. The summed E-state index contributed by atoms with van der Waals surface area (Å²) < 4.78 is 117. The Morgan fingerprint density at radius 3 is 1.27 bits per heavy atom. The number of carbonyl (C=O) groups is 1. The fourth-order valence-electron chi connectivity index (χ4n) is 1.56. The van der Waals surface area contributed by atoms with Gasteiger partial charge >= 0.3 is 46.2 Å². The summed E-state index contributed by atoms with van der Waals surface area (Å²) in [7, 11) is -25.1. The summed E-state index contributed by atoms with van der Waals surface area (Å²) in [6.07, 6.45) is 0. The largest absolute Gasteiger partial charge is 0.654 e. The summed E-state index contributed by atoms with van der Waals surface area (Å²) >= 11 is 0. The molecule has 0 aromatic heterocycles. The van der Waals surface area contributed by atoms with E-state index in [1.807, 2.05) is 0 Å². The highest BCUT2D eigenvalue weighted by Crippen LogP contribution is 2.26. The first-order chi connectivity index (χ1) is 11.6. The highest BCUT2D eigenvalue weighted by atomic mass is 32.3. The molecule has 26 heavy (non-hydrogen) atoms. The Balaban J connectivity index is 6.79. The Morgan fingerprint density at radius 2 is 1.08 bits per heavy atom. The highest BCUT2D eigenvalue weighted by Gasteiger charge is 2.62. The standard InChI is InChI=1S/C7H15F3N2O10S3Si/c1-4-20-26(21-5-2,22-6-3)12(25(10,18)19)7(13)11(23(8,14)15)24(9,16)17/h4-6H2,1-3H3. The molecule has 0 aromatic rings. The molecule has 0 N–H and O–H groups in total. The maximum absolute atomic E-state index is 13.7. The Kier molecular flexibility index (Phi) is 8.46. The van der Waals surface area contributed by atoms with Crippen LogP contribution in [0.2, 0.25) is 0 Å². The summed E-state index contributed by atoms with van der Waals surface area (Å²) in [6.45, 7) is 2.08. The number of urea groups is 1. The topological polar surface area (TPSA) is 154 Å². The Labute approximate surface area is 149 Å². The molecule has 156 valence electrons. The first-order valence-electron chi connectivity index (χ1n) is 6.49. The van der Waals surface area contributed by atoms with E-state index in [2.05, 4.69) is 0 Å². The average molecular weight is 468 g/mol. The van der Waals surface area contributed by atoms with E-state index in [0.717, 1.165) is 0 Å². The van der Waals surface area contributed by atoms with Crippen LogP contribution < -0.4 is 0 Å². The van der Waals surface area contributed by atoms with Crippen molar-refractivity contribution in [3.63, 3.8) is 0 Å². The lowest BCUT2D eigenvalue weighted by molar-refractivity contribution is 0.0428. The minimum atomic E-state index is -6.73. The second kappa shape index (κ2) is 8.80. The van der Waals surface area contributed by atoms with Crippen molar-refractivity contribution in [2.45, 2.75) is 20.8 Å². The number of hydrogen-bond acceptors (Lipinski definition) is 10. The molecule has 0 heterocycles. The van der Waals surface area contributed by atoms with Gasteiger partial charge in [0, 0.05) is 19.8 Å². The van der Waals surface area contributed by atoms with Crippen LogP contribution in [-0.2, 0) is 44.5 Å². The minimum Gasteiger partial charge on any atom is -0.356 e. The highest BCUT2D eigenvalue weighted by molar-refractivity contribution is 8.00. The smallest absolute Gasteiger partial charge is 0.356 e. The van der Waals surface area contributed by atoms with Gasteiger partial charge in [-0.05, 0) is 20.8 Å². The minimum absolute atomic E-state index is 0.504. The van der Waals surface area contributed by atoms with E-state index in [9.17, 15) is 41.7 Å². The Bertz CT molecular complexity index is 768. The molecule has 0 unspecified atom stereocenters. The van der Waals surface area contributed by atoms with Gasteiger partial charge in [-0.3, -0.25) is 0 Å². The van der Waals surface area contributed by atoms with Crippen molar-refractivity contribution in [2.75, 3.05) is 19.8 Å². The van der Waals surface area contributed by atoms with Crippen molar-refractivity contribution in [3.05, 3.63) is 0 Å². The lowest BCUT2D eigenvalue weighted by Crippen LogP contribution is -2.67. The van der Waals surface area contributed by atoms with E-state index in [4.69, 9.17) is 13.3 Å². The van der Waals surface area contributed by atoms with Gasteiger partial charge in [0.05, 0.1) is 0 Å². The molecule has 0 aliphatic rings. The number of rotatable bonds is 10. The van der Waals surface area contributed by atoms with E-state index < -0.39 is 73.7 Å². The van der Waals surface area contributed by atoms with E-state index in [1.165, 1.54) is 20.8 Å². The lowest BCUT2D eigenvalue weighted by Gasteiger charge is -2.34. The fraction of sp³-hybridized carbons (Fsp3) is 0.857. The van der Waals surface area contributed by atoms with E-state index >= 15 is 0 Å². The normalized spacial score (nSPS) is 13.5. The van der Waals surface area contributed by atoms with E-state index in [1.54, 1.807) is 0 Å². The van der Waals surface area contributed by atoms with Crippen LogP contribution in [0.1, 0.15) is 20.8 Å². The van der Waals surface area contributed by atoms with Crippen molar-refractivity contribution in [1.29, 1.82) is 0 Å². The van der Waals surface area contributed by atoms with Crippen molar-refractivity contribution < 1.29 is 55.0 Å². The second-order valence-electron chi connectivity index (χ2n) is 3.89. The van der Waals surface area contributed by atoms with Gasteiger partial charge in [-0.25, -0.2) is 4.79 Å². The zero-order chi connectivity index (χ0) is 21.0. The molecule has 19 heteroatoms. The van der Waals surface area contributed by atoms with Crippen LogP contribution in [0.5, 0.6) is 0 Å². The van der Waals surface area contributed by atoms with Crippen LogP contribution in [0.25, 0.3) is 0 Å². The van der Waals surface area contributed by atoms with Gasteiger partial charge in [0.15, 0.2) is 0 Å². The number of nitrogens with zero attached hydrogens (tertiary/aromatic N) is 2. The monoisotopic (exact) mass is 468 g/mol. The predicted molar refractivity (Wildman–Crippen MR) is 79.8 cm³/mol. The number of carbonyl (C=O) groups excluding carboxylic acids is 1. The van der Waals surface area contributed by atoms with Crippen LogP contribution in [0.3, 0.4) is 0 Å². The molecule has 12 nitrogen and oxygen atoms in total. The summed E-state index contributed by atoms with van der Waals surface area (Å²) in [5, 5.41) is 0. The third-order valence-corrected chi connectivity index (χ3v) is 8.91. The van der Waals surface area contributed by atoms with E-state index in [-0.39, 0.29) is 0 Å². The fourth-order valence-corrected chi connectivity index (χ4v) is 7.04. The second-order valence-corrected chi connectivity index (χ2v) is 10.4. The van der Waals surface area contributed by atoms with Crippen LogP contribution >= 0.6 is 0 Å². The van der Waals surface area contributed by atoms with Gasteiger partial charge < -0.3 is 13.3 Å². The molecule has 0 aromatic carbocycles. The molecule has 0 aliphatic carbocycles. The van der Waals surface area contributed by atoms with Crippen molar-refractivity contribution >= 4 is 46.2 Å². The molecule has 0 fully saturated rings.